The minimum atomic E-state index is -0.388. The molecule has 10 heteroatoms. The van der Waals surface area contributed by atoms with E-state index in [0.717, 1.165) is 25.7 Å². The normalized spacial score (nSPS) is 22.2. The lowest BCUT2D eigenvalue weighted by Crippen LogP contribution is -2.44. The molecule has 1 aliphatic heterocycles. The van der Waals surface area contributed by atoms with Gasteiger partial charge in [-0.1, -0.05) is 5.21 Å². The number of hydrogen-bond donors (Lipinski definition) is 1. The molecule has 2 fully saturated rings. The summed E-state index contributed by atoms with van der Waals surface area (Å²) in [4.78, 5) is 40.1. The number of carbonyl (C=O) groups excluding carboxylic acids is 3. The summed E-state index contributed by atoms with van der Waals surface area (Å²) in [6, 6.07) is 0. The predicted octanol–water partition coefficient (Wildman–Crippen LogP) is 1.55. The van der Waals surface area contributed by atoms with Crippen molar-refractivity contribution in [2.45, 2.75) is 77.5 Å². The van der Waals surface area contributed by atoms with E-state index in [2.05, 4.69) is 15.6 Å². The van der Waals surface area contributed by atoms with Crippen LogP contribution in [0.4, 0.5) is 0 Å². The molecule has 1 aromatic rings. The van der Waals surface area contributed by atoms with Crippen LogP contribution < -0.4 is 5.32 Å². The summed E-state index contributed by atoms with van der Waals surface area (Å²) < 4.78 is 7.62. The van der Waals surface area contributed by atoms with E-state index in [0.29, 0.717) is 51.3 Å². The third kappa shape index (κ3) is 7.60. The van der Waals surface area contributed by atoms with Crippen molar-refractivity contribution in [3.05, 3.63) is 11.9 Å². The summed E-state index contributed by atoms with van der Waals surface area (Å²) >= 11 is 0. The number of likely N-dealkylation sites (tertiary alicyclic amines) is 1. The molecule has 0 atom stereocenters. The second-order valence-electron chi connectivity index (χ2n) is 10.2. The zero-order valence-electron chi connectivity index (χ0n) is 20.4. The summed E-state index contributed by atoms with van der Waals surface area (Å²) in [6.07, 6.45) is 6.69. The van der Waals surface area contributed by atoms with Gasteiger partial charge in [0, 0.05) is 25.3 Å². The van der Waals surface area contributed by atoms with E-state index >= 15 is 0 Å². The smallest absolute Gasteiger partial charge is 0.229 e. The molecule has 0 unspecified atom stereocenters. The van der Waals surface area contributed by atoms with Gasteiger partial charge in [0.25, 0.3) is 0 Å². The molecule has 0 radical (unpaired) electrons. The lowest BCUT2D eigenvalue weighted by atomic mass is 9.81. The Hall–Kier alpha value is -2.33. The van der Waals surface area contributed by atoms with Crippen LogP contribution in [-0.4, -0.2) is 75.5 Å². The minimum Gasteiger partial charge on any atom is -0.358 e. The molecule has 10 nitrogen and oxygen atoms in total. The summed E-state index contributed by atoms with van der Waals surface area (Å²) in [5, 5.41) is 11.3. The van der Waals surface area contributed by atoms with Crippen molar-refractivity contribution < 1.29 is 19.1 Å². The van der Waals surface area contributed by atoms with Gasteiger partial charge in [0.1, 0.15) is 5.69 Å². The van der Waals surface area contributed by atoms with Crippen molar-refractivity contribution in [2.24, 2.45) is 11.8 Å². The molecule has 1 aliphatic carbocycles. The van der Waals surface area contributed by atoms with Gasteiger partial charge in [0.2, 0.25) is 17.7 Å². The molecule has 184 valence electrons. The molecule has 0 bridgehead atoms. The summed E-state index contributed by atoms with van der Waals surface area (Å²) in [7, 11) is 3.91. The van der Waals surface area contributed by atoms with Crippen molar-refractivity contribution in [3.8, 4) is 0 Å². The number of piperidine rings is 1. The minimum absolute atomic E-state index is 0.0303. The number of imide groups is 1. The van der Waals surface area contributed by atoms with Crippen molar-refractivity contribution in [3.63, 3.8) is 0 Å². The Kier molecular flexibility index (Phi) is 8.58. The van der Waals surface area contributed by atoms with E-state index in [1.54, 1.807) is 4.68 Å². The SMILES string of the molecule is CN(C)COC(C)(C)Cn1cc(CNC(=O)C2CCC(CN3C(=O)CCCC3=O)CC2)nn1. The average Bonchev–Trinajstić information content (AvgIpc) is 3.20. The molecule has 33 heavy (non-hydrogen) atoms. The van der Waals surface area contributed by atoms with Gasteiger partial charge in [-0.05, 0) is 66.0 Å². The highest BCUT2D eigenvalue weighted by molar-refractivity contribution is 5.97. The van der Waals surface area contributed by atoms with Crippen molar-refractivity contribution in [1.82, 2.24) is 30.1 Å². The van der Waals surface area contributed by atoms with Gasteiger partial charge in [0.05, 0.1) is 31.6 Å². The average molecular weight is 463 g/mol. The number of aromatic nitrogens is 3. The first-order valence-electron chi connectivity index (χ1n) is 11.9. The molecule has 2 aliphatic rings. The zero-order valence-corrected chi connectivity index (χ0v) is 20.4. The van der Waals surface area contributed by atoms with Crippen LogP contribution in [0.1, 0.15) is 64.5 Å². The number of rotatable bonds is 10. The van der Waals surface area contributed by atoms with Crippen LogP contribution >= 0.6 is 0 Å². The third-order valence-corrected chi connectivity index (χ3v) is 6.33. The van der Waals surface area contributed by atoms with E-state index in [4.69, 9.17) is 4.74 Å². The van der Waals surface area contributed by atoms with Gasteiger partial charge in [0.15, 0.2) is 0 Å². The van der Waals surface area contributed by atoms with E-state index in [1.165, 1.54) is 4.90 Å². The molecule has 0 spiro atoms. The van der Waals surface area contributed by atoms with Crippen LogP contribution in [0.15, 0.2) is 6.20 Å². The van der Waals surface area contributed by atoms with Gasteiger partial charge < -0.3 is 10.1 Å². The van der Waals surface area contributed by atoms with Gasteiger partial charge >= 0.3 is 0 Å². The number of carbonyl (C=O) groups is 3. The maximum atomic E-state index is 12.6. The molecule has 2 heterocycles. The van der Waals surface area contributed by atoms with Crippen LogP contribution in [0.2, 0.25) is 0 Å². The highest BCUT2D eigenvalue weighted by Gasteiger charge is 2.32. The second-order valence-corrected chi connectivity index (χ2v) is 10.2. The standard InChI is InChI=1S/C23H38N6O4/c1-23(2,33-16-27(3)4)15-28-14-19(25-26-28)12-24-22(32)18-10-8-17(9-11-18)13-29-20(30)6-5-7-21(29)31/h14,17-18H,5-13,15-16H2,1-4H3,(H,24,32). The van der Waals surface area contributed by atoms with Crippen LogP contribution in [-0.2, 0) is 32.2 Å². The number of nitrogens with one attached hydrogen (secondary N) is 1. The van der Waals surface area contributed by atoms with Crippen LogP contribution in [0.5, 0.6) is 0 Å². The first-order chi connectivity index (χ1) is 15.6. The maximum absolute atomic E-state index is 12.6. The van der Waals surface area contributed by atoms with Crippen molar-refractivity contribution in [1.29, 1.82) is 0 Å². The molecule has 1 saturated heterocycles. The Morgan fingerprint density at radius 3 is 2.48 bits per heavy atom. The topological polar surface area (TPSA) is 110 Å². The Balaban J connectivity index is 1.39. The Morgan fingerprint density at radius 1 is 1.18 bits per heavy atom. The van der Waals surface area contributed by atoms with Gasteiger partial charge in [-0.15, -0.1) is 5.10 Å². The van der Waals surface area contributed by atoms with E-state index in [1.807, 2.05) is 39.0 Å². The van der Waals surface area contributed by atoms with E-state index < -0.39 is 0 Å². The van der Waals surface area contributed by atoms with Crippen LogP contribution in [0.25, 0.3) is 0 Å². The number of amides is 3. The Labute approximate surface area is 196 Å². The molecule has 1 aromatic heterocycles. The monoisotopic (exact) mass is 462 g/mol. The van der Waals surface area contributed by atoms with Gasteiger partial charge in [-0.2, -0.15) is 0 Å². The lowest BCUT2D eigenvalue weighted by molar-refractivity contribution is -0.149. The lowest BCUT2D eigenvalue weighted by Gasteiger charge is -2.33. The second kappa shape index (κ2) is 11.2. The Bertz CT molecular complexity index is 813. The number of ether oxygens (including phenoxy) is 1. The maximum Gasteiger partial charge on any atom is 0.229 e. The van der Waals surface area contributed by atoms with Gasteiger partial charge in [-0.3, -0.25) is 24.2 Å². The molecule has 3 amide bonds. The highest BCUT2D eigenvalue weighted by Crippen LogP contribution is 2.30. The summed E-state index contributed by atoms with van der Waals surface area (Å²) in [5.74, 6) is 0.182. The first kappa shape index (κ1) is 25.3. The zero-order chi connectivity index (χ0) is 24.0. The number of hydrogen-bond acceptors (Lipinski definition) is 7. The number of nitrogens with zero attached hydrogens (tertiary/aromatic N) is 5. The van der Waals surface area contributed by atoms with Crippen LogP contribution in [0, 0.1) is 11.8 Å². The quantitative estimate of drug-likeness (QED) is 0.415. The summed E-state index contributed by atoms with van der Waals surface area (Å²) in [5.41, 5.74) is 0.322. The van der Waals surface area contributed by atoms with E-state index in [9.17, 15) is 14.4 Å². The largest absolute Gasteiger partial charge is 0.358 e. The van der Waals surface area contributed by atoms with Crippen LogP contribution in [0.3, 0.4) is 0 Å². The molecule has 3 rings (SSSR count). The fraction of sp³-hybridized carbons (Fsp3) is 0.783. The fourth-order valence-electron chi connectivity index (χ4n) is 4.43. The van der Waals surface area contributed by atoms with E-state index in [-0.39, 0.29) is 35.2 Å². The highest BCUT2D eigenvalue weighted by atomic mass is 16.5. The summed E-state index contributed by atoms with van der Waals surface area (Å²) in [6.45, 7) is 5.95. The Morgan fingerprint density at radius 2 is 1.85 bits per heavy atom. The molecule has 1 N–H and O–H groups in total. The molecular weight excluding hydrogens is 424 g/mol. The first-order valence-corrected chi connectivity index (χ1v) is 11.9. The third-order valence-electron chi connectivity index (χ3n) is 6.33. The molecule has 0 aromatic carbocycles. The van der Waals surface area contributed by atoms with Gasteiger partial charge in [-0.25, -0.2) is 4.68 Å². The molecule has 1 saturated carbocycles. The van der Waals surface area contributed by atoms with Crippen molar-refractivity contribution >= 4 is 17.7 Å². The predicted molar refractivity (Wildman–Crippen MR) is 122 cm³/mol. The van der Waals surface area contributed by atoms with Crippen molar-refractivity contribution in [2.75, 3.05) is 27.4 Å². The fourth-order valence-corrected chi connectivity index (χ4v) is 4.43. The molecular formula is C23H38N6O4.